The van der Waals surface area contributed by atoms with Gasteiger partial charge in [-0.2, -0.15) is 0 Å². The molecule has 5 heteroatoms. The van der Waals surface area contributed by atoms with Gasteiger partial charge in [-0.1, -0.05) is 18.2 Å². The van der Waals surface area contributed by atoms with E-state index in [1.165, 1.54) is 12.1 Å². The number of pyridine rings is 1. The minimum absolute atomic E-state index is 0.275. The van der Waals surface area contributed by atoms with Crippen molar-refractivity contribution in [3.63, 3.8) is 0 Å². The van der Waals surface area contributed by atoms with E-state index < -0.39 is 0 Å². The van der Waals surface area contributed by atoms with Gasteiger partial charge in [0.25, 0.3) is 0 Å². The summed E-state index contributed by atoms with van der Waals surface area (Å²) in [5.41, 5.74) is 8.34. The van der Waals surface area contributed by atoms with Crippen LogP contribution in [0.3, 0.4) is 0 Å². The van der Waals surface area contributed by atoms with Crippen LogP contribution in [-0.2, 0) is 6.54 Å². The number of aromatic nitrogens is 1. The van der Waals surface area contributed by atoms with Crippen LogP contribution in [0.2, 0.25) is 0 Å². The molecule has 3 N–H and O–H groups in total. The van der Waals surface area contributed by atoms with E-state index in [-0.39, 0.29) is 5.82 Å². The second kappa shape index (κ2) is 5.61. The monoisotopic (exact) mass is 323 g/mol. The molecule has 0 aliphatic carbocycles. The topological polar surface area (TPSA) is 50.9 Å². The van der Waals surface area contributed by atoms with Crippen LogP contribution >= 0.6 is 11.3 Å². The van der Waals surface area contributed by atoms with Gasteiger partial charge < -0.3 is 11.1 Å². The summed E-state index contributed by atoms with van der Waals surface area (Å²) < 4.78 is 14.6. The van der Waals surface area contributed by atoms with Gasteiger partial charge >= 0.3 is 0 Å². The molecule has 0 saturated heterocycles. The zero-order valence-electron chi connectivity index (χ0n) is 12.2. The Balaban J connectivity index is 1.91. The number of nitrogens with one attached hydrogen (secondary N) is 1. The first-order valence-corrected chi connectivity index (χ1v) is 8.15. The fourth-order valence-electron chi connectivity index (χ4n) is 2.67. The zero-order valence-corrected chi connectivity index (χ0v) is 13.0. The molecule has 0 radical (unpaired) electrons. The lowest BCUT2D eigenvalue weighted by Crippen LogP contribution is -1.98. The summed E-state index contributed by atoms with van der Waals surface area (Å²) in [6.07, 6.45) is 0. The first kappa shape index (κ1) is 14.1. The normalized spacial score (nSPS) is 11.2. The van der Waals surface area contributed by atoms with E-state index in [9.17, 15) is 4.39 Å². The summed E-state index contributed by atoms with van der Waals surface area (Å²) in [6.45, 7) is 0.479. The van der Waals surface area contributed by atoms with Crippen molar-refractivity contribution >= 4 is 43.8 Å². The number of hydrogen-bond donors (Lipinski definition) is 2. The maximum atomic E-state index is 13.4. The number of hydrogen-bond acceptors (Lipinski definition) is 4. The molecule has 114 valence electrons. The summed E-state index contributed by atoms with van der Waals surface area (Å²) >= 11 is 1.67. The molecular formula is C18H14FN3S. The quantitative estimate of drug-likeness (QED) is 0.570. The molecule has 4 rings (SSSR count). The second-order valence-electron chi connectivity index (χ2n) is 5.31. The highest BCUT2D eigenvalue weighted by atomic mass is 32.1. The van der Waals surface area contributed by atoms with Crippen LogP contribution < -0.4 is 11.1 Å². The van der Waals surface area contributed by atoms with E-state index in [1.807, 2.05) is 29.6 Å². The Morgan fingerprint density at radius 2 is 2.00 bits per heavy atom. The van der Waals surface area contributed by atoms with Gasteiger partial charge in [-0.15, -0.1) is 11.3 Å². The summed E-state index contributed by atoms with van der Waals surface area (Å²) in [7, 11) is 0. The van der Waals surface area contributed by atoms with E-state index in [4.69, 9.17) is 10.7 Å². The smallest absolute Gasteiger partial charge is 0.139 e. The molecule has 2 aromatic carbocycles. The lowest BCUT2D eigenvalue weighted by Gasteiger charge is -2.10. The van der Waals surface area contributed by atoms with E-state index in [0.717, 1.165) is 32.4 Å². The zero-order chi connectivity index (χ0) is 15.8. The number of nitrogens with two attached hydrogens (primary N) is 1. The fraction of sp³-hybridized carbons (Fsp3) is 0.0556. The number of benzene rings is 2. The molecule has 0 unspecified atom stereocenters. The number of thiophene rings is 1. The Kier molecular flexibility index (Phi) is 3.44. The molecule has 0 bridgehead atoms. The standard InChI is InChI=1S/C18H14FN3S/c19-12-2-1-3-13(9-12)21-18-15-6-7-23-17(15)14-5-4-11(10-20)8-16(14)22-18/h1-9H,10,20H2,(H,21,22). The molecule has 0 fully saturated rings. The summed E-state index contributed by atoms with van der Waals surface area (Å²) in [5.74, 6) is 0.455. The molecule has 0 aliphatic heterocycles. The highest BCUT2D eigenvalue weighted by Crippen LogP contribution is 2.35. The van der Waals surface area contributed by atoms with Crippen LogP contribution in [0.15, 0.2) is 53.9 Å². The molecule has 2 aromatic heterocycles. The first-order valence-electron chi connectivity index (χ1n) is 7.27. The van der Waals surface area contributed by atoms with Crippen LogP contribution in [-0.4, -0.2) is 4.98 Å². The Bertz CT molecular complexity index is 1010. The van der Waals surface area contributed by atoms with Gasteiger partial charge in [0.05, 0.1) is 5.52 Å². The van der Waals surface area contributed by atoms with Crippen molar-refractivity contribution < 1.29 is 4.39 Å². The SMILES string of the molecule is NCc1ccc2c(c1)nc(Nc1cccc(F)c1)c1ccsc12. The van der Waals surface area contributed by atoms with Gasteiger partial charge in [-0.25, -0.2) is 9.37 Å². The molecule has 3 nitrogen and oxygen atoms in total. The lowest BCUT2D eigenvalue weighted by molar-refractivity contribution is 0.628. The molecule has 23 heavy (non-hydrogen) atoms. The van der Waals surface area contributed by atoms with E-state index >= 15 is 0 Å². The maximum Gasteiger partial charge on any atom is 0.139 e. The van der Waals surface area contributed by atoms with E-state index in [1.54, 1.807) is 17.4 Å². The minimum atomic E-state index is -0.275. The van der Waals surface area contributed by atoms with Gasteiger partial charge in [0.15, 0.2) is 0 Å². The summed E-state index contributed by atoms with van der Waals surface area (Å²) in [4.78, 5) is 4.73. The molecule has 2 heterocycles. The maximum absolute atomic E-state index is 13.4. The van der Waals surface area contributed by atoms with Crippen molar-refractivity contribution in [2.75, 3.05) is 5.32 Å². The average molecular weight is 323 g/mol. The van der Waals surface area contributed by atoms with E-state index in [2.05, 4.69) is 11.4 Å². The number of halogens is 1. The molecule has 0 saturated carbocycles. The first-order chi connectivity index (χ1) is 11.2. The fourth-order valence-corrected chi connectivity index (χ4v) is 3.60. The Labute approximate surface area is 136 Å². The van der Waals surface area contributed by atoms with Crippen LogP contribution in [0.5, 0.6) is 0 Å². The van der Waals surface area contributed by atoms with Crippen molar-refractivity contribution in [1.29, 1.82) is 0 Å². The van der Waals surface area contributed by atoms with Crippen LogP contribution in [0.25, 0.3) is 21.0 Å². The molecule has 0 atom stereocenters. The van der Waals surface area contributed by atoms with Crippen molar-refractivity contribution in [1.82, 2.24) is 4.98 Å². The Morgan fingerprint density at radius 1 is 1.09 bits per heavy atom. The largest absolute Gasteiger partial charge is 0.340 e. The van der Waals surface area contributed by atoms with Gasteiger partial charge in [-0.05, 0) is 41.3 Å². The number of anilines is 2. The molecule has 0 aliphatic rings. The third kappa shape index (κ3) is 2.54. The third-order valence-corrected chi connectivity index (χ3v) is 4.73. The van der Waals surface area contributed by atoms with Crippen molar-refractivity contribution in [3.05, 3.63) is 65.3 Å². The van der Waals surface area contributed by atoms with E-state index in [0.29, 0.717) is 12.2 Å². The Hall–Kier alpha value is -2.50. The van der Waals surface area contributed by atoms with Crippen LogP contribution in [0, 0.1) is 5.82 Å². The Morgan fingerprint density at radius 3 is 2.83 bits per heavy atom. The minimum Gasteiger partial charge on any atom is -0.340 e. The summed E-state index contributed by atoms with van der Waals surface area (Å²) in [5, 5.41) is 7.41. The molecular weight excluding hydrogens is 309 g/mol. The molecule has 4 aromatic rings. The van der Waals surface area contributed by atoms with Crippen LogP contribution in [0.1, 0.15) is 5.56 Å². The van der Waals surface area contributed by atoms with Gasteiger partial charge in [-0.3, -0.25) is 0 Å². The average Bonchev–Trinajstić information content (AvgIpc) is 3.04. The predicted octanol–water partition coefficient (Wildman–Crippen LogP) is 4.79. The molecule has 0 amide bonds. The highest BCUT2D eigenvalue weighted by Gasteiger charge is 2.10. The third-order valence-electron chi connectivity index (χ3n) is 3.78. The second-order valence-corrected chi connectivity index (χ2v) is 6.23. The van der Waals surface area contributed by atoms with Gasteiger partial charge in [0.1, 0.15) is 11.6 Å². The van der Waals surface area contributed by atoms with Crippen molar-refractivity contribution in [2.45, 2.75) is 6.54 Å². The number of fused-ring (bicyclic) bond motifs is 3. The summed E-state index contributed by atoms with van der Waals surface area (Å²) in [6, 6.07) is 14.5. The highest BCUT2D eigenvalue weighted by molar-refractivity contribution is 7.18. The number of nitrogens with zero attached hydrogens (tertiary/aromatic N) is 1. The number of rotatable bonds is 3. The van der Waals surface area contributed by atoms with Gasteiger partial charge in [0, 0.05) is 27.7 Å². The van der Waals surface area contributed by atoms with Gasteiger partial charge in [0.2, 0.25) is 0 Å². The molecule has 0 spiro atoms. The lowest BCUT2D eigenvalue weighted by atomic mass is 10.1. The predicted molar refractivity (Wildman–Crippen MR) is 94.7 cm³/mol. The van der Waals surface area contributed by atoms with Crippen molar-refractivity contribution in [3.8, 4) is 0 Å². The van der Waals surface area contributed by atoms with Crippen LogP contribution in [0.4, 0.5) is 15.9 Å². The van der Waals surface area contributed by atoms with Crippen molar-refractivity contribution in [2.24, 2.45) is 5.73 Å².